The van der Waals surface area contributed by atoms with Crippen LogP contribution in [0.3, 0.4) is 0 Å². The van der Waals surface area contributed by atoms with Crippen LogP contribution in [0.15, 0.2) is 18.2 Å². The number of halogens is 2. The van der Waals surface area contributed by atoms with E-state index in [0.717, 1.165) is 18.9 Å². The van der Waals surface area contributed by atoms with Gasteiger partial charge in [-0.2, -0.15) is 0 Å². The number of hydrogen-bond donors (Lipinski definition) is 1. The van der Waals surface area contributed by atoms with E-state index < -0.39 is 0 Å². The predicted molar refractivity (Wildman–Crippen MR) is 60.1 cm³/mol. The molecule has 0 radical (unpaired) electrons. The number of benzene rings is 1. The quantitative estimate of drug-likeness (QED) is 0.831. The van der Waals surface area contributed by atoms with Gasteiger partial charge in [-0.25, -0.2) is 8.78 Å². The minimum Gasteiger partial charge on any atom is -0.310 e. The minimum atomic E-state index is -0.373. The zero-order chi connectivity index (χ0) is 11.4. The molecule has 1 aliphatic carbocycles. The van der Waals surface area contributed by atoms with E-state index in [1.807, 2.05) is 0 Å². The summed E-state index contributed by atoms with van der Waals surface area (Å²) < 4.78 is 26.2. The fraction of sp³-hybridized carbons (Fsp3) is 0.538. The van der Waals surface area contributed by atoms with E-state index in [2.05, 4.69) is 5.32 Å². The molecular weight excluding hydrogens is 208 g/mol. The van der Waals surface area contributed by atoms with Crippen molar-refractivity contribution in [3.63, 3.8) is 0 Å². The Bertz CT molecular complexity index is 346. The van der Waals surface area contributed by atoms with Crippen molar-refractivity contribution in [3.05, 3.63) is 35.4 Å². The molecule has 0 saturated heterocycles. The van der Waals surface area contributed by atoms with Crippen LogP contribution in [0.5, 0.6) is 0 Å². The van der Waals surface area contributed by atoms with Gasteiger partial charge in [-0.05, 0) is 31.0 Å². The van der Waals surface area contributed by atoms with Gasteiger partial charge in [0.15, 0.2) is 0 Å². The van der Waals surface area contributed by atoms with E-state index >= 15 is 0 Å². The Hall–Kier alpha value is -0.960. The Kier molecular flexibility index (Phi) is 3.88. The van der Waals surface area contributed by atoms with Gasteiger partial charge in [0.25, 0.3) is 0 Å². The molecule has 3 heteroatoms. The molecule has 0 aromatic heterocycles. The van der Waals surface area contributed by atoms with Gasteiger partial charge >= 0.3 is 0 Å². The predicted octanol–water partition coefficient (Wildman–Crippen LogP) is 3.39. The van der Waals surface area contributed by atoms with Gasteiger partial charge in [0.2, 0.25) is 0 Å². The van der Waals surface area contributed by atoms with Gasteiger partial charge in [0.1, 0.15) is 11.6 Å². The molecule has 16 heavy (non-hydrogen) atoms. The van der Waals surface area contributed by atoms with Crippen LogP contribution < -0.4 is 5.32 Å². The highest BCUT2D eigenvalue weighted by Gasteiger charge is 2.13. The maximum Gasteiger partial charge on any atom is 0.127 e. The lowest BCUT2D eigenvalue weighted by Crippen LogP contribution is -2.30. The second-order valence-corrected chi connectivity index (χ2v) is 4.45. The highest BCUT2D eigenvalue weighted by atomic mass is 19.1. The molecule has 0 amide bonds. The summed E-state index contributed by atoms with van der Waals surface area (Å²) in [7, 11) is 0. The molecule has 1 nitrogen and oxygen atoms in total. The van der Waals surface area contributed by atoms with Crippen LogP contribution in [0.4, 0.5) is 8.78 Å². The van der Waals surface area contributed by atoms with Gasteiger partial charge in [-0.1, -0.05) is 19.3 Å². The van der Waals surface area contributed by atoms with Crippen molar-refractivity contribution in [2.24, 2.45) is 0 Å². The van der Waals surface area contributed by atoms with Crippen LogP contribution in [-0.4, -0.2) is 6.04 Å². The zero-order valence-corrected chi connectivity index (χ0v) is 9.31. The smallest absolute Gasteiger partial charge is 0.127 e. The fourth-order valence-corrected chi connectivity index (χ4v) is 2.24. The van der Waals surface area contributed by atoms with Crippen molar-refractivity contribution < 1.29 is 8.78 Å². The Morgan fingerprint density at radius 2 is 1.88 bits per heavy atom. The third-order valence-corrected chi connectivity index (χ3v) is 3.19. The first-order valence-corrected chi connectivity index (χ1v) is 5.93. The summed E-state index contributed by atoms with van der Waals surface area (Å²) in [5.74, 6) is -0.702. The molecule has 0 spiro atoms. The Morgan fingerprint density at radius 3 is 2.62 bits per heavy atom. The van der Waals surface area contributed by atoms with E-state index in [1.54, 1.807) is 0 Å². The van der Waals surface area contributed by atoms with Crippen LogP contribution in [0.1, 0.15) is 37.7 Å². The maximum absolute atomic E-state index is 13.3. The molecule has 0 unspecified atom stereocenters. The minimum absolute atomic E-state index is 0.329. The summed E-state index contributed by atoms with van der Waals surface area (Å²) in [6, 6.07) is 4.08. The van der Waals surface area contributed by atoms with Crippen LogP contribution in [-0.2, 0) is 6.54 Å². The third kappa shape index (κ3) is 3.01. The molecule has 88 valence electrons. The Balaban J connectivity index is 1.90. The van der Waals surface area contributed by atoms with Crippen molar-refractivity contribution in [2.75, 3.05) is 0 Å². The molecule has 0 atom stereocenters. The van der Waals surface area contributed by atoms with Crippen molar-refractivity contribution in [3.8, 4) is 0 Å². The first-order valence-electron chi connectivity index (χ1n) is 5.93. The van der Waals surface area contributed by atoms with Crippen molar-refractivity contribution in [1.29, 1.82) is 0 Å². The van der Waals surface area contributed by atoms with Crippen LogP contribution >= 0.6 is 0 Å². The molecule has 1 aliphatic rings. The van der Waals surface area contributed by atoms with Gasteiger partial charge < -0.3 is 5.32 Å². The SMILES string of the molecule is Fc1ccc(F)c(CNC2CCCCC2)c1. The van der Waals surface area contributed by atoms with Crippen molar-refractivity contribution in [1.82, 2.24) is 5.32 Å². The lowest BCUT2D eigenvalue weighted by molar-refractivity contribution is 0.369. The van der Waals surface area contributed by atoms with Crippen molar-refractivity contribution >= 4 is 0 Å². The molecule has 1 saturated carbocycles. The Labute approximate surface area is 94.9 Å². The van der Waals surface area contributed by atoms with E-state index in [0.29, 0.717) is 18.2 Å². The van der Waals surface area contributed by atoms with E-state index in [-0.39, 0.29) is 11.6 Å². The average Bonchev–Trinajstić information content (AvgIpc) is 2.32. The van der Waals surface area contributed by atoms with Crippen LogP contribution in [0.25, 0.3) is 0 Å². The second-order valence-electron chi connectivity index (χ2n) is 4.45. The second kappa shape index (κ2) is 5.39. The van der Waals surface area contributed by atoms with Crippen LogP contribution in [0, 0.1) is 11.6 Å². The van der Waals surface area contributed by atoms with Gasteiger partial charge in [-0.15, -0.1) is 0 Å². The van der Waals surface area contributed by atoms with E-state index in [9.17, 15) is 8.78 Å². The fourth-order valence-electron chi connectivity index (χ4n) is 2.24. The first-order chi connectivity index (χ1) is 7.75. The molecule has 1 aromatic carbocycles. The Morgan fingerprint density at radius 1 is 1.12 bits per heavy atom. The monoisotopic (exact) mass is 225 g/mol. The van der Waals surface area contributed by atoms with Crippen LogP contribution in [0.2, 0.25) is 0 Å². The summed E-state index contributed by atoms with van der Waals surface area (Å²) in [4.78, 5) is 0. The summed E-state index contributed by atoms with van der Waals surface area (Å²) in [6.07, 6.45) is 6.08. The number of nitrogens with one attached hydrogen (secondary N) is 1. The summed E-state index contributed by atoms with van der Waals surface area (Å²) in [5, 5.41) is 3.30. The average molecular weight is 225 g/mol. The molecule has 2 rings (SSSR count). The normalized spacial score (nSPS) is 17.6. The number of rotatable bonds is 3. The van der Waals surface area contributed by atoms with Gasteiger partial charge in [0, 0.05) is 18.2 Å². The molecule has 0 heterocycles. The lowest BCUT2D eigenvalue weighted by Gasteiger charge is -2.22. The van der Waals surface area contributed by atoms with Crippen molar-refractivity contribution in [2.45, 2.75) is 44.7 Å². The highest BCUT2D eigenvalue weighted by Crippen LogP contribution is 2.18. The maximum atomic E-state index is 13.3. The van der Waals surface area contributed by atoms with Gasteiger partial charge in [-0.3, -0.25) is 0 Å². The molecule has 0 bridgehead atoms. The summed E-state index contributed by atoms with van der Waals surface area (Å²) in [6.45, 7) is 0.425. The van der Waals surface area contributed by atoms with E-state index in [4.69, 9.17) is 0 Å². The highest BCUT2D eigenvalue weighted by molar-refractivity contribution is 5.18. The topological polar surface area (TPSA) is 12.0 Å². The van der Waals surface area contributed by atoms with E-state index in [1.165, 1.54) is 31.4 Å². The molecule has 1 N–H and O–H groups in total. The first kappa shape index (κ1) is 11.5. The zero-order valence-electron chi connectivity index (χ0n) is 9.31. The molecule has 1 aromatic rings. The lowest BCUT2D eigenvalue weighted by atomic mass is 9.95. The largest absolute Gasteiger partial charge is 0.310 e. The van der Waals surface area contributed by atoms with Gasteiger partial charge in [0.05, 0.1) is 0 Å². The molecular formula is C13H17F2N. The third-order valence-electron chi connectivity index (χ3n) is 3.19. The number of hydrogen-bond acceptors (Lipinski definition) is 1. The molecule has 1 fully saturated rings. The summed E-state index contributed by atoms with van der Waals surface area (Å²) in [5.41, 5.74) is 0.422. The molecule has 0 aliphatic heterocycles. The summed E-state index contributed by atoms with van der Waals surface area (Å²) >= 11 is 0. The standard InChI is InChI=1S/C13H17F2N/c14-11-6-7-13(15)10(8-11)9-16-12-4-2-1-3-5-12/h6-8,12,16H,1-5,9H2.